The molecule has 1 aromatic carbocycles. The third-order valence-corrected chi connectivity index (χ3v) is 3.92. The second-order valence-electron chi connectivity index (χ2n) is 5.02. The van der Waals surface area contributed by atoms with Crippen LogP contribution in [-0.4, -0.2) is 37.9 Å². The molecule has 0 saturated carbocycles. The fourth-order valence-electron chi connectivity index (χ4n) is 2.28. The van der Waals surface area contributed by atoms with Crippen LogP contribution in [0.4, 0.5) is 10.1 Å². The van der Waals surface area contributed by atoms with E-state index in [4.69, 9.17) is 0 Å². The Balaban J connectivity index is 2.51. The van der Waals surface area contributed by atoms with Crippen molar-refractivity contribution >= 4 is 5.69 Å². The summed E-state index contributed by atoms with van der Waals surface area (Å²) in [7, 11) is 3.77. The highest BCUT2D eigenvalue weighted by Crippen LogP contribution is 2.20. The first-order valence-electron chi connectivity index (χ1n) is 6.84. The van der Waals surface area contributed by atoms with Gasteiger partial charge >= 0.3 is 0 Å². The Kier molecular flexibility index (Phi) is 6.25. The molecule has 1 rings (SSSR count). The largest absolute Gasteiger partial charge is 0.394 e. The summed E-state index contributed by atoms with van der Waals surface area (Å²) in [6.45, 7) is 2.96. The number of nitrogens with one attached hydrogen (secondary N) is 1. The molecule has 19 heavy (non-hydrogen) atoms. The molecular formula is C15H25FN2O. The average Bonchev–Trinajstić information content (AvgIpc) is 2.44. The smallest absolute Gasteiger partial charge is 0.146 e. The van der Waals surface area contributed by atoms with E-state index in [0.717, 1.165) is 25.8 Å². The van der Waals surface area contributed by atoms with Gasteiger partial charge in [0.15, 0.2) is 0 Å². The van der Waals surface area contributed by atoms with E-state index in [0.29, 0.717) is 5.69 Å². The lowest BCUT2D eigenvalue weighted by atomic mass is 9.91. The van der Waals surface area contributed by atoms with Gasteiger partial charge in [-0.15, -0.1) is 0 Å². The maximum Gasteiger partial charge on any atom is 0.146 e. The molecule has 2 N–H and O–H groups in total. The molecular weight excluding hydrogens is 243 g/mol. The second-order valence-corrected chi connectivity index (χ2v) is 5.02. The number of halogens is 1. The first-order valence-corrected chi connectivity index (χ1v) is 6.84. The fourth-order valence-corrected chi connectivity index (χ4v) is 2.28. The fraction of sp³-hybridized carbons (Fsp3) is 0.600. The van der Waals surface area contributed by atoms with Crippen molar-refractivity contribution in [1.82, 2.24) is 5.32 Å². The molecule has 0 amide bonds. The third kappa shape index (κ3) is 4.18. The van der Waals surface area contributed by atoms with E-state index in [1.165, 1.54) is 6.07 Å². The first-order chi connectivity index (χ1) is 9.08. The molecule has 1 unspecified atom stereocenters. The predicted molar refractivity (Wildman–Crippen MR) is 78.1 cm³/mol. The maximum absolute atomic E-state index is 13.6. The highest BCUT2D eigenvalue weighted by molar-refractivity contribution is 5.46. The lowest BCUT2D eigenvalue weighted by Gasteiger charge is -2.31. The van der Waals surface area contributed by atoms with Crippen molar-refractivity contribution in [2.45, 2.75) is 31.7 Å². The van der Waals surface area contributed by atoms with Crippen LogP contribution in [0.3, 0.4) is 0 Å². The van der Waals surface area contributed by atoms with Crippen molar-refractivity contribution in [2.75, 3.05) is 32.1 Å². The molecule has 0 spiro atoms. The summed E-state index contributed by atoms with van der Waals surface area (Å²) in [4.78, 5) is 1.92. The van der Waals surface area contributed by atoms with E-state index in [1.54, 1.807) is 12.1 Å². The molecule has 0 fully saturated rings. The van der Waals surface area contributed by atoms with Crippen LogP contribution in [0.5, 0.6) is 0 Å². The Labute approximate surface area is 115 Å². The highest BCUT2D eigenvalue weighted by atomic mass is 19.1. The van der Waals surface area contributed by atoms with Crippen molar-refractivity contribution in [3.8, 4) is 0 Å². The average molecular weight is 268 g/mol. The molecule has 3 nitrogen and oxygen atoms in total. The van der Waals surface area contributed by atoms with Gasteiger partial charge in [-0.2, -0.15) is 0 Å². The Hall–Kier alpha value is -1.13. The summed E-state index contributed by atoms with van der Waals surface area (Å²) < 4.78 is 13.6. The Morgan fingerprint density at radius 2 is 2.05 bits per heavy atom. The minimum absolute atomic E-state index is 0.128. The van der Waals surface area contributed by atoms with E-state index in [9.17, 15) is 9.50 Å². The summed E-state index contributed by atoms with van der Waals surface area (Å²) in [5.74, 6) is -0.192. The molecule has 0 heterocycles. The Bertz CT molecular complexity index is 372. The zero-order valence-electron chi connectivity index (χ0n) is 12.1. The van der Waals surface area contributed by atoms with Crippen molar-refractivity contribution in [1.29, 1.82) is 0 Å². The van der Waals surface area contributed by atoms with E-state index in [-0.39, 0.29) is 18.0 Å². The molecule has 0 aliphatic heterocycles. The number of aliphatic hydroxyl groups is 1. The van der Waals surface area contributed by atoms with Gasteiger partial charge in [0.1, 0.15) is 5.82 Å². The maximum atomic E-state index is 13.6. The minimum Gasteiger partial charge on any atom is -0.394 e. The standard InChI is InChI=1S/C15H25FN2O/c1-4-15(12-19,17-2)10-7-11-18(3)14-9-6-5-8-13(14)16/h5-6,8-9,17,19H,4,7,10-12H2,1-3H3. The topological polar surface area (TPSA) is 35.5 Å². The van der Waals surface area contributed by atoms with Gasteiger partial charge in [0.2, 0.25) is 0 Å². The SMILES string of the molecule is CCC(CO)(CCCN(C)c1ccccc1F)NC. The zero-order chi connectivity index (χ0) is 14.3. The zero-order valence-corrected chi connectivity index (χ0v) is 12.1. The van der Waals surface area contributed by atoms with Gasteiger partial charge < -0.3 is 15.3 Å². The van der Waals surface area contributed by atoms with Gasteiger partial charge in [-0.05, 0) is 38.4 Å². The predicted octanol–water partition coefficient (Wildman–Crippen LogP) is 2.40. The van der Waals surface area contributed by atoms with Gasteiger partial charge in [-0.25, -0.2) is 4.39 Å². The number of benzene rings is 1. The summed E-state index contributed by atoms with van der Waals surface area (Å²) in [6.07, 6.45) is 2.65. The number of aliphatic hydroxyl groups excluding tert-OH is 1. The van der Waals surface area contributed by atoms with Crippen LogP contribution in [-0.2, 0) is 0 Å². The van der Waals surface area contributed by atoms with Crippen molar-refractivity contribution < 1.29 is 9.50 Å². The van der Waals surface area contributed by atoms with E-state index < -0.39 is 0 Å². The van der Waals surface area contributed by atoms with E-state index in [1.807, 2.05) is 25.1 Å². The Morgan fingerprint density at radius 1 is 1.37 bits per heavy atom. The molecule has 0 bridgehead atoms. The number of para-hydroxylation sites is 1. The number of nitrogens with zero attached hydrogens (tertiary/aromatic N) is 1. The van der Waals surface area contributed by atoms with Crippen LogP contribution in [0.15, 0.2) is 24.3 Å². The summed E-state index contributed by atoms with van der Waals surface area (Å²) in [5.41, 5.74) is 0.411. The molecule has 4 heteroatoms. The molecule has 1 atom stereocenters. The number of hydrogen-bond donors (Lipinski definition) is 2. The highest BCUT2D eigenvalue weighted by Gasteiger charge is 2.24. The summed E-state index contributed by atoms with van der Waals surface area (Å²) in [6, 6.07) is 6.80. The third-order valence-electron chi connectivity index (χ3n) is 3.92. The molecule has 0 radical (unpaired) electrons. The van der Waals surface area contributed by atoms with Crippen LogP contribution < -0.4 is 10.2 Å². The minimum atomic E-state index is -0.212. The van der Waals surface area contributed by atoms with Crippen molar-refractivity contribution in [3.05, 3.63) is 30.1 Å². The number of likely N-dealkylation sites (N-methyl/N-ethyl adjacent to an activating group) is 1. The van der Waals surface area contributed by atoms with Gasteiger partial charge in [-0.1, -0.05) is 19.1 Å². The second kappa shape index (κ2) is 7.46. The van der Waals surface area contributed by atoms with Crippen LogP contribution in [0.25, 0.3) is 0 Å². The van der Waals surface area contributed by atoms with Gasteiger partial charge in [0.05, 0.1) is 12.3 Å². The quantitative estimate of drug-likeness (QED) is 0.760. The van der Waals surface area contributed by atoms with Crippen LogP contribution >= 0.6 is 0 Å². The van der Waals surface area contributed by atoms with Crippen molar-refractivity contribution in [2.24, 2.45) is 0 Å². The molecule has 0 aromatic heterocycles. The lowest BCUT2D eigenvalue weighted by molar-refractivity contribution is 0.153. The van der Waals surface area contributed by atoms with Gasteiger partial charge in [-0.3, -0.25) is 0 Å². The number of hydrogen-bond acceptors (Lipinski definition) is 3. The van der Waals surface area contributed by atoms with E-state index in [2.05, 4.69) is 12.2 Å². The number of rotatable bonds is 8. The summed E-state index contributed by atoms with van der Waals surface area (Å²) >= 11 is 0. The molecule has 0 aliphatic rings. The summed E-state index contributed by atoms with van der Waals surface area (Å²) in [5, 5.41) is 12.7. The van der Waals surface area contributed by atoms with E-state index >= 15 is 0 Å². The molecule has 0 saturated heterocycles. The molecule has 1 aromatic rings. The monoisotopic (exact) mass is 268 g/mol. The molecule has 108 valence electrons. The van der Waals surface area contributed by atoms with Crippen LogP contribution in [0.2, 0.25) is 0 Å². The van der Waals surface area contributed by atoms with Gasteiger partial charge in [0, 0.05) is 19.1 Å². The lowest BCUT2D eigenvalue weighted by Crippen LogP contribution is -2.46. The van der Waals surface area contributed by atoms with Gasteiger partial charge in [0.25, 0.3) is 0 Å². The van der Waals surface area contributed by atoms with Crippen LogP contribution in [0.1, 0.15) is 26.2 Å². The van der Waals surface area contributed by atoms with Crippen molar-refractivity contribution in [3.63, 3.8) is 0 Å². The normalized spacial score (nSPS) is 14.2. The van der Waals surface area contributed by atoms with Crippen LogP contribution in [0, 0.1) is 5.82 Å². The Morgan fingerprint density at radius 3 is 2.58 bits per heavy atom. The molecule has 0 aliphatic carbocycles. The first kappa shape index (κ1) is 15.9. The number of anilines is 1.